The minimum Gasteiger partial charge on any atom is -0.481 e. The highest BCUT2D eigenvalue weighted by atomic mass is 16.4. The van der Waals surface area contributed by atoms with Gasteiger partial charge in [0.2, 0.25) is 5.91 Å². The molecule has 1 saturated carbocycles. The van der Waals surface area contributed by atoms with Crippen LogP contribution in [0.25, 0.3) is 10.9 Å². The standard InChI is InChI=1S/C17H21N3O3/c1-10(2)17(16(22)23)8-13(17)15(21)18-6-5-11-3-4-12-9-19-20-14(12)7-11/h3-4,7,9-10,13H,5-6,8H2,1-2H3,(H,18,21)(H,19,20)(H,22,23)/t13-,17+/m0/s1. The summed E-state index contributed by atoms with van der Waals surface area (Å²) in [6, 6.07) is 6.02. The van der Waals surface area contributed by atoms with Gasteiger partial charge in [-0.3, -0.25) is 14.7 Å². The van der Waals surface area contributed by atoms with Crippen molar-refractivity contribution in [3.05, 3.63) is 30.0 Å². The Hall–Kier alpha value is -2.37. The Balaban J connectivity index is 1.55. The third-order valence-corrected chi connectivity index (χ3v) is 4.97. The number of hydrogen-bond acceptors (Lipinski definition) is 3. The van der Waals surface area contributed by atoms with Crippen molar-refractivity contribution < 1.29 is 14.7 Å². The quantitative estimate of drug-likeness (QED) is 0.759. The van der Waals surface area contributed by atoms with Gasteiger partial charge in [0.15, 0.2) is 0 Å². The summed E-state index contributed by atoms with van der Waals surface area (Å²) in [6.45, 7) is 4.23. The number of aromatic amines is 1. The first-order chi connectivity index (χ1) is 10.9. The lowest BCUT2D eigenvalue weighted by Crippen LogP contribution is -2.33. The molecule has 3 rings (SSSR count). The Morgan fingerprint density at radius 3 is 2.91 bits per heavy atom. The number of H-pyrrole nitrogens is 1. The van der Waals surface area contributed by atoms with Gasteiger partial charge < -0.3 is 10.4 Å². The minimum absolute atomic E-state index is 0.0430. The lowest BCUT2D eigenvalue weighted by Gasteiger charge is -2.16. The fraction of sp³-hybridized carbons (Fsp3) is 0.471. The summed E-state index contributed by atoms with van der Waals surface area (Å²) in [4.78, 5) is 23.6. The zero-order valence-corrected chi connectivity index (χ0v) is 13.3. The van der Waals surface area contributed by atoms with Gasteiger partial charge in [0, 0.05) is 11.9 Å². The van der Waals surface area contributed by atoms with Crippen molar-refractivity contribution in [1.82, 2.24) is 15.5 Å². The van der Waals surface area contributed by atoms with E-state index in [1.54, 1.807) is 6.20 Å². The van der Waals surface area contributed by atoms with E-state index in [2.05, 4.69) is 15.5 Å². The second kappa shape index (κ2) is 5.68. The summed E-state index contributed by atoms with van der Waals surface area (Å²) in [7, 11) is 0. The molecule has 0 saturated heterocycles. The van der Waals surface area contributed by atoms with E-state index in [1.165, 1.54) is 0 Å². The predicted molar refractivity (Wildman–Crippen MR) is 85.8 cm³/mol. The van der Waals surface area contributed by atoms with Crippen molar-refractivity contribution in [2.24, 2.45) is 17.3 Å². The van der Waals surface area contributed by atoms with Gasteiger partial charge in [-0.2, -0.15) is 5.10 Å². The highest BCUT2D eigenvalue weighted by Gasteiger charge is 2.65. The molecule has 122 valence electrons. The summed E-state index contributed by atoms with van der Waals surface area (Å²) in [5, 5.41) is 20.2. The highest BCUT2D eigenvalue weighted by Crippen LogP contribution is 2.58. The Bertz CT molecular complexity index is 752. The number of nitrogens with one attached hydrogen (secondary N) is 2. The normalized spacial score (nSPS) is 23.2. The van der Waals surface area contributed by atoms with Crippen LogP contribution < -0.4 is 5.32 Å². The average molecular weight is 315 g/mol. The van der Waals surface area contributed by atoms with Crippen LogP contribution in [-0.4, -0.2) is 33.7 Å². The summed E-state index contributed by atoms with van der Waals surface area (Å²) < 4.78 is 0. The van der Waals surface area contributed by atoms with Crippen molar-refractivity contribution in [3.8, 4) is 0 Å². The molecule has 0 unspecified atom stereocenters. The van der Waals surface area contributed by atoms with Crippen LogP contribution in [0.2, 0.25) is 0 Å². The van der Waals surface area contributed by atoms with Crippen LogP contribution in [0.4, 0.5) is 0 Å². The molecule has 0 spiro atoms. The Kier molecular flexibility index (Phi) is 3.83. The van der Waals surface area contributed by atoms with E-state index < -0.39 is 17.3 Å². The molecule has 1 heterocycles. The van der Waals surface area contributed by atoms with Gasteiger partial charge in [0.05, 0.1) is 23.0 Å². The van der Waals surface area contributed by atoms with E-state index in [4.69, 9.17) is 0 Å². The Morgan fingerprint density at radius 2 is 2.26 bits per heavy atom. The predicted octanol–water partition coefficient (Wildman–Crippen LogP) is 1.97. The molecule has 1 fully saturated rings. The van der Waals surface area contributed by atoms with E-state index in [0.29, 0.717) is 19.4 Å². The number of amides is 1. The molecule has 3 N–H and O–H groups in total. The number of rotatable bonds is 6. The lowest BCUT2D eigenvalue weighted by atomic mass is 9.89. The van der Waals surface area contributed by atoms with E-state index in [1.807, 2.05) is 32.0 Å². The fourth-order valence-electron chi connectivity index (χ4n) is 3.32. The van der Waals surface area contributed by atoms with Crippen LogP contribution in [-0.2, 0) is 16.0 Å². The number of carbonyl (C=O) groups is 2. The van der Waals surface area contributed by atoms with E-state index in [9.17, 15) is 14.7 Å². The van der Waals surface area contributed by atoms with Crippen LogP contribution in [0.3, 0.4) is 0 Å². The van der Waals surface area contributed by atoms with Crippen LogP contribution in [0.15, 0.2) is 24.4 Å². The topological polar surface area (TPSA) is 95.1 Å². The molecule has 6 nitrogen and oxygen atoms in total. The fourth-order valence-corrected chi connectivity index (χ4v) is 3.32. The zero-order valence-electron chi connectivity index (χ0n) is 13.3. The molecule has 2 aromatic rings. The van der Waals surface area contributed by atoms with Gasteiger partial charge in [0.25, 0.3) is 0 Å². The molecule has 1 aromatic carbocycles. The lowest BCUT2D eigenvalue weighted by molar-refractivity contribution is -0.147. The van der Waals surface area contributed by atoms with E-state index in [-0.39, 0.29) is 11.8 Å². The molecule has 0 radical (unpaired) electrons. The highest BCUT2D eigenvalue weighted by molar-refractivity contribution is 5.92. The average Bonchev–Trinajstić information content (AvgIpc) is 3.12. The summed E-state index contributed by atoms with van der Waals surface area (Å²) in [5.74, 6) is -1.46. The largest absolute Gasteiger partial charge is 0.481 e. The van der Waals surface area contributed by atoms with Crippen LogP contribution in [0.5, 0.6) is 0 Å². The molecule has 0 aliphatic heterocycles. The SMILES string of the molecule is CC(C)[C@]1(C(=O)O)C[C@H]1C(=O)NCCc1ccc2cn[nH]c2c1. The number of nitrogens with zero attached hydrogens (tertiary/aromatic N) is 1. The third kappa shape index (κ3) is 2.69. The second-order valence-corrected chi connectivity index (χ2v) is 6.59. The Labute approximate surface area is 134 Å². The van der Waals surface area contributed by atoms with Crippen LogP contribution in [0.1, 0.15) is 25.8 Å². The van der Waals surface area contributed by atoms with Crippen molar-refractivity contribution in [2.75, 3.05) is 6.54 Å². The van der Waals surface area contributed by atoms with Crippen molar-refractivity contribution in [1.29, 1.82) is 0 Å². The number of carboxylic acid groups (broad SMARTS) is 1. The van der Waals surface area contributed by atoms with Crippen molar-refractivity contribution in [2.45, 2.75) is 26.7 Å². The first-order valence-electron chi connectivity index (χ1n) is 7.88. The molecule has 6 heteroatoms. The van der Waals surface area contributed by atoms with Gasteiger partial charge in [-0.25, -0.2) is 0 Å². The van der Waals surface area contributed by atoms with Gasteiger partial charge in [0.1, 0.15) is 0 Å². The maximum Gasteiger partial charge on any atom is 0.310 e. The number of hydrogen-bond donors (Lipinski definition) is 3. The first-order valence-corrected chi connectivity index (χ1v) is 7.88. The number of benzene rings is 1. The molecular formula is C17H21N3O3. The van der Waals surface area contributed by atoms with Crippen LogP contribution >= 0.6 is 0 Å². The molecule has 1 aliphatic carbocycles. The maximum absolute atomic E-state index is 12.2. The number of aliphatic carboxylic acids is 1. The zero-order chi connectivity index (χ0) is 16.6. The number of carbonyl (C=O) groups excluding carboxylic acids is 1. The monoisotopic (exact) mass is 315 g/mol. The number of aromatic nitrogens is 2. The molecular weight excluding hydrogens is 294 g/mol. The smallest absolute Gasteiger partial charge is 0.310 e. The van der Waals surface area contributed by atoms with Gasteiger partial charge in [-0.1, -0.05) is 26.0 Å². The summed E-state index contributed by atoms with van der Waals surface area (Å²) in [6.07, 6.45) is 2.91. The van der Waals surface area contributed by atoms with Gasteiger partial charge >= 0.3 is 5.97 Å². The van der Waals surface area contributed by atoms with Crippen molar-refractivity contribution >= 4 is 22.8 Å². The molecule has 1 amide bonds. The van der Waals surface area contributed by atoms with Gasteiger partial charge in [-0.15, -0.1) is 0 Å². The molecule has 23 heavy (non-hydrogen) atoms. The molecule has 1 aliphatic rings. The summed E-state index contributed by atoms with van der Waals surface area (Å²) >= 11 is 0. The second-order valence-electron chi connectivity index (χ2n) is 6.59. The van der Waals surface area contributed by atoms with Gasteiger partial charge in [-0.05, 0) is 30.4 Å². The maximum atomic E-state index is 12.2. The van der Waals surface area contributed by atoms with E-state index in [0.717, 1.165) is 16.5 Å². The third-order valence-electron chi connectivity index (χ3n) is 4.97. The minimum atomic E-state index is -0.876. The molecule has 0 bridgehead atoms. The summed E-state index contributed by atoms with van der Waals surface area (Å²) in [5.41, 5.74) is 1.20. The molecule has 2 atom stereocenters. The van der Waals surface area contributed by atoms with Crippen LogP contribution in [0, 0.1) is 17.3 Å². The Morgan fingerprint density at radius 1 is 1.48 bits per heavy atom. The first kappa shape index (κ1) is 15.5. The van der Waals surface area contributed by atoms with Crippen molar-refractivity contribution in [3.63, 3.8) is 0 Å². The number of fused-ring (bicyclic) bond motifs is 1. The van der Waals surface area contributed by atoms with E-state index >= 15 is 0 Å². The number of carboxylic acids is 1. The molecule has 1 aromatic heterocycles.